The number of alkyl halides is 3. The monoisotopic (exact) mass is 675 g/mol. The third kappa shape index (κ3) is 22.3. The molecule has 2 aliphatic rings. The summed E-state index contributed by atoms with van der Waals surface area (Å²) in [6.07, 6.45) is -2.38. The Morgan fingerprint density at radius 1 is 1.00 bits per heavy atom. The molecule has 0 aromatic carbocycles. The number of ether oxygens (including phenoxy) is 2. The highest BCUT2D eigenvalue weighted by Crippen LogP contribution is 2.31. The highest BCUT2D eigenvalue weighted by Gasteiger charge is 2.38. The molecule has 2 fully saturated rings. The van der Waals surface area contributed by atoms with E-state index in [0.29, 0.717) is 45.2 Å². The molecule has 0 saturated carbocycles. The predicted octanol–water partition coefficient (Wildman–Crippen LogP) is 3.07. The van der Waals surface area contributed by atoms with Crippen molar-refractivity contribution >= 4 is 35.7 Å². The van der Waals surface area contributed by atoms with E-state index in [4.69, 9.17) is 12.6 Å². The summed E-state index contributed by atoms with van der Waals surface area (Å²) in [5.74, 6) is -4.57. The number of carbonyl (C=O) groups is 6. The van der Waals surface area contributed by atoms with Crippen molar-refractivity contribution in [1.29, 1.82) is 1.43 Å². The van der Waals surface area contributed by atoms with E-state index >= 15 is 0 Å². The van der Waals surface area contributed by atoms with Gasteiger partial charge in [0, 0.05) is 40.0 Å². The van der Waals surface area contributed by atoms with Crippen LogP contribution in [0.4, 0.5) is 13.2 Å². The van der Waals surface area contributed by atoms with Gasteiger partial charge in [-0.05, 0) is 45.3 Å². The van der Waals surface area contributed by atoms with Gasteiger partial charge in [0.05, 0.1) is 32.3 Å². The number of halogens is 3. The summed E-state index contributed by atoms with van der Waals surface area (Å²) in [6.45, 7) is 10.9. The molecule has 3 N–H and O–H groups in total. The number of likely N-dealkylation sites (tertiary alicyclic amines) is 1. The smallest absolute Gasteiger partial charge is 0.471 e. The topological polar surface area (TPSA) is 180 Å². The lowest BCUT2D eigenvalue weighted by Crippen LogP contribution is -2.44. The van der Waals surface area contributed by atoms with Crippen molar-refractivity contribution in [2.45, 2.75) is 98.1 Å². The van der Waals surface area contributed by atoms with Gasteiger partial charge in [0.25, 0.3) is 0 Å². The number of piperidine rings is 1. The maximum absolute atomic E-state index is 12.3. The number of nitrogens with zero attached hydrogens (tertiary/aromatic N) is 2. The van der Waals surface area contributed by atoms with Crippen LogP contribution in [0.1, 0.15) is 93.2 Å². The minimum atomic E-state index is -4.89. The van der Waals surface area contributed by atoms with Crippen LogP contribution in [0.5, 0.6) is 0 Å². The molecule has 2 saturated heterocycles. The van der Waals surface area contributed by atoms with Crippen LogP contribution in [0, 0.1) is 5.41 Å². The van der Waals surface area contributed by atoms with Gasteiger partial charge in [0.15, 0.2) is 0 Å². The summed E-state index contributed by atoms with van der Waals surface area (Å²) in [4.78, 5) is 69.1. The minimum absolute atomic E-state index is 0.0145. The Hall–Kier alpha value is -3.27. The Morgan fingerprint density at radius 3 is 1.93 bits per heavy atom. The van der Waals surface area contributed by atoms with E-state index in [9.17, 15) is 41.9 Å². The number of carbonyl (C=O) groups excluding carboxylic acids is 5. The fourth-order valence-electron chi connectivity index (χ4n) is 4.03. The molecule has 0 atom stereocenters. The molecule has 0 bridgehead atoms. The van der Waals surface area contributed by atoms with E-state index in [1.807, 2.05) is 0 Å². The molecule has 0 spiro atoms. The van der Waals surface area contributed by atoms with Gasteiger partial charge in [0.2, 0.25) is 7.34 Å². The van der Waals surface area contributed by atoms with Gasteiger partial charge in [-0.15, -0.1) is 0 Å². The molecule has 16 heteroatoms. The van der Waals surface area contributed by atoms with Crippen LogP contribution < -0.4 is 5.32 Å². The van der Waals surface area contributed by atoms with Gasteiger partial charge in [0.1, 0.15) is 0 Å². The lowest BCUT2D eigenvalue weighted by Gasteiger charge is -2.39. The molecule has 0 aliphatic carbocycles. The Morgan fingerprint density at radius 2 is 1.54 bits per heavy atom. The van der Waals surface area contributed by atoms with Gasteiger partial charge in [-0.1, -0.05) is 34.1 Å². The number of hydrogen-bond donors (Lipinski definition) is 3. The summed E-state index contributed by atoms with van der Waals surface area (Å²) in [6, 6.07) is 0. The SMILES string of the molecule is CCN(CC)CC.O=C1CCC(=O)O1.[3H]CC1(COC(=O)CCC(=O)O)CCN(C(=O)CCCCCNC(=O)C(F)(F)F)CC1.[3H]OC. The van der Waals surface area contributed by atoms with E-state index in [0.717, 1.165) is 0 Å². The predicted molar refractivity (Wildman–Crippen MR) is 161 cm³/mol. The Bertz CT molecular complexity index is 959. The molecular weight excluding hydrogens is 619 g/mol. The van der Waals surface area contributed by atoms with Crippen LogP contribution in [-0.2, 0) is 38.2 Å². The van der Waals surface area contributed by atoms with Crippen molar-refractivity contribution in [1.82, 2.24) is 15.1 Å². The molecule has 0 radical (unpaired) electrons. The standard InChI is InChI=1S/C19H29F3N2O6.C6H15N.C4H4O3.CH4O/c1-18(13-30-16(28)7-6-15(26)27)8-11-24(12-9-18)14(25)5-3-2-4-10-23-17(29)19(20,21)22;1-4-7(5-2)6-3;5-3-1-2-4(6)7-3;1-2/h2-13H2,1H3,(H,23,29)(H,26,27);4-6H2,1-3H3;1-2H2;2H,1H3/i1T;;;2T. The number of amides is 2. The normalized spacial score (nSPS) is 15.8. The Labute approximate surface area is 272 Å². The molecule has 2 heterocycles. The molecule has 2 aliphatic heterocycles. The zero-order chi connectivity index (χ0) is 37.2. The maximum atomic E-state index is 12.3. The number of hydrogen-bond acceptors (Lipinski definition) is 10. The van der Waals surface area contributed by atoms with E-state index in [1.54, 1.807) is 10.2 Å². The average molecular weight is 676 g/mol. The van der Waals surface area contributed by atoms with Crippen LogP contribution >= 0.6 is 0 Å². The zero-order valence-electron chi connectivity index (χ0n) is 29.4. The first-order valence-electron chi connectivity index (χ1n) is 16.4. The van der Waals surface area contributed by atoms with Gasteiger partial charge >= 0.3 is 36.0 Å². The summed E-state index contributed by atoms with van der Waals surface area (Å²) < 4.78 is 58.9. The fourth-order valence-corrected chi connectivity index (χ4v) is 4.03. The maximum Gasteiger partial charge on any atom is 0.471 e. The Kier molecular flexibility index (Phi) is 22.1. The second-order valence-electron chi connectivity index (χ2n) is 10.5. The summed E-state index contributed by atoms with van der Waals surface area (Å²) in [5, 5.41) is 13.9. The van der Waals surface area contributed by atoms with Crippen molar-refractivity contribution < 1.29 is 63.0 Å². The van der Waals surface area contributed by atoms with Crippen LogP contribution in [0.2, 0.25) is 0 Å². The second-order valence-corrected chi connectivity index (χ2v) is 10.5. The van der Waals surface area contributed by atoms with Crippen molar-refractivity contribution in [3.05, 3.63) is 0 Å². The number of carboxylic acids is 1. The lowest BCUT2D eigenvalue weighted by atomic mass is 9.81. The van der Waals surface area contributed by atoms with Crippen LogP contribution in [0.15, 0.2) is 0 Å². The fraction of sp³-hybridized carbons (Fsp3) is 0.800. The van der Waals surface area contributed by atoms with Crippen molar-refractivity contribution in [3.8, 4) is 0 Å². The van der Waals surface area contributed by atoms with Crippen molar-refractivity contribution in [2.24, 2.45) is 5.41 Å². The molecule has 13 nitrogen and oxygen atoms in total. The van der Waals surface area contributed by atoms with E-state index in [1.165, 1.54) is 26.7 Å². The van der Waals surface area contributed by atoms with Gasteiger partial charge < -0.3 is 34.8 Å². The number of aliphatic carboxylic acids is 1. The summed E-state index contributed by atoms with van der Waals surface area (Å²) in [5.41, 5.74) is -0.563. The number of carboxylic acid groups (broad SMARTS) is 1. The molecule has 0 unspecified atom stereocenters. The molecule has 46 heavy (non-hydrogen) atoms. The van der Waals surface area contributed by atoms with E-state index < -0.39 is 41.4 Å². The first kappa shape index (κ1) is 40.8. The molecule has 0 aromatic rings. The van der Waals surface area contributed by atoms with Crippen LogP contribution in [0.3, 0.4) is 0 Å². The van der Waals surface area contributed by atoms with E-state index in [2.05, 4.69) is 35.5 Å². The third-order valence-corrected chi connectivity index (χ3v) is 6.97. The van der Waals surface area contributed by atoms with Crippen LogP contribution in [0.25, 0.3) is 0 Å². The first-order valence-corrected chi connectivity index (χ1v) is 15.3. The summed E-state index contributed by atoms with van der Waals surface area (Å²) in [7, 11) is 1.29. The van der Waals surface area contributed by atoms with Gasteiger partial charge in [-0.3, -0.25) is 28.8 Å². The number of nitrogens with one attached hydrogen (secondary N) is 1. The average Bonchev–Trinajstić information content (AvgIpc) is 3.43. The number of aliphatic hydroxyl groups is 1. The Balaban J connectivity index is 0. The van der Waals surface area contributed by atoms with Crippen LogP contribution in [-0.4, -0.2) is 116 Å². The summed E-state index contributed by atoms with van der Waals surface area (Å²) >= 11 is 0. The van der Waals surface area contributed by atoms with Crippen molar-refractivity contribution in [2.75, 3.05) is 53.0 Å². The number of esters is 3. The number of unbranched alkanes of at least 4 members (excludes halogenated alkanes) is 2. The number of aliphatic hydroxyl groups excluding tert-OH is 1. The second kappa shape index (κ2) is 24.9. The minimum Gasteiger partial charge on any atom is -0.481 e. The van der Waals surface area contributed by atoms with Crippen molar-refractivity contribution in [3.63, 3.8) is 0 Å². The van der Waals surface area contributed by atoms with E-state index in [-0.39, 0.29) is 58.1 Å². The quantitative estimate of drug-likeness (QED) is 0.140. The highest BCUT2D eigenvalue weighted by molar-refractivity contribution is 5.92. The lowest BCUT2D eigenvalue weighted by molar-refractivity contribution is -0.173. The molecule has 2 rings (SSSR count). The molecular formula is C30H52F3N3O10. The zero-order valence-corrected chi connectivity index (χ0v) is 27.4. The highest BCUT2D eigenvalue weighted by atomic mass is 19.4. The first-order chi connectivity index (χ1) is 22.5. The molecule has 268 valence electrons. The largest absolute Gasteiger partial charge is 0.481 e. The number of rotatable bonds is 14. The van der Waals surface area contributed by atoms with Gasteiger partial charge in [-0.25, -0.2) is 0 Å². The molecule has 2 amide bonds. The third-order valence-electron chi connectivity index (χ3n) is 6.97. The van der Waals surface area contributed by atoms with Gasteiger partial charge in [-0.2, -0.15) is 13.2 Å². The number of cyclic esters (lactones) is 2. The molecule has 0 aromatic heterocycles.